The van der Waals surface area contributed by atoms with Crippen LogP contribution in [0.2, 0.25) is 0 Å². The van der Waals surface area contributed by atoms with Crippen LogP contribution in [-0.4, -0.2) is 27.8 Å². The largest absolute Gasteiger partial charge is 0.456 e. The molecule has 0 fully saturated rings. The van der Waals surface area contributed by atoms with E-state index in [0.717, 1.165) is 17.5 Å². The second-order valence-corrected chi connectivity index (χ2v) is 10.3. The molecule has 170 valence electrons. The van der Waals surface area contributed by atoms with Gasteiger partial charge in [0.25, 0.3) is 15.9 Å². The van der Waals surface area contributed by atoms with Gasteiger partial charge in [0.1, 0.15) is 21.1 Å². The standard InChI is InChI=1S/C22H18N2O7S2/c23-32(27,28)21-11-14(13-25)5-10-20(21)33(29,30)24-22(26)16-8-6-15(7-9-16)19-12-17-3-1-2-4-18(17)31-19/h1-12,25H,13H2,(H,24,26)(H2,23,27,28). The van der Waals surface area contributed by atoms with E-state index in [1.807, 2.05) is 35.1 Å². The highest BCUT2D eigenvalue weighted by Crippen LogP contribution is 2.28. The van der Waals surface area contributed by atoms with Crippen molar-refractivity contribution in [3.05, 3.63) is 83.9 Å². The number of aliphatic hydroxyl groups is 1. The summed E-state index contributed by atoms with van der Waals surface area (Å²) < 4.78 is 56.8. The van der Waals surface area contributed by atoms with E-state index in [9.17, 15) is 26.7 Å². The second kappa shape index (κ2) is 8.45. The molecule has 0 aliphatic carbocycles. The number of amides is 1. The topological polar surface area (TPSA) is 157 Å². The number of para-hydroxylation sites is 1. The lowest BCUT2D eigenvalue weighted by atomic mass is 10.1. The number of aliphatic hydroxyl groups excluding tert-OH is 1. The third-order valence-corrected chi connectivity index (χ3v) is 7.34. The van der Waals surface area contributed by atoms with Gasteiger partial charge in [-0.2, -0.15) is 0 Å². The Hall–Kier alpha value is -3.51. The average molecular weight is 487 g/mol. The number of hydrogen-bond acceptors (Lipinski definition) is 7. The van der Waals surface area contributed by atoms with Crippen molar-refractivity contribution >= 4 is 36.9 Å². The highest BCUT2D eigenvalue weighted by Gasteiger charge is 2.27. The van der Waals surface area contributed by atoms with Crippen molar-refractivity contribution in [1.29, 1.82) is 0 Å². The molecule has 1 heterocycles. The summed E-state index contributed by atoms with van der Waals surface area (Å²) in [4.78, 5) is 11.1. The van der Waals surface area contributed by atoms with E-state index in [1.54, 1.807) is 12.1 Å². The van der Waals surface area contributed by atoms with Gasteiger partial charge in [0.2, 0.25) is 10.0 Å². The van der Waals surface area contributed by atoms with Crippen LogP contribution in [0, 0.1) is 0 Å². The van der Waals surface area contributed by atoms with Gasteiger partial charge >= 0.3 is 0 Å². The number of carbonyl (C=O) groups excluding carboxylic acids is 1. The minimum absolute atomic E-state index is 0.0302. The number of rotatable bonds is 6. The number of sulfonamides is 2. The fourth-order valence-corrected chi connectivity index (χ4v) is 5.63. The molecule has 0 aliphatic rings. The van der Waals surface area contributed by atoms with Gasteiger partial charge in [-0.3, -0.25) is 4.79 Å². The number of nitrogens with one attached hydrogen (secondary N) is 1. The summed E-state index contributed by atoms with van der Waals surface area (Å²) >= 11 is 0. The third kappa shape index (κ3) is 4.66. The maximum atomic E-state index is 12.7. The molecule has 0 saturated carbocycles. The van der Waals surface area contributed by atoms with E-state index in [4.69, 9.17) is 9.56 Å². The molecule has 4 aromatic rings. The fraction of sp³-hybridized carbons (Fsp3) is 0.0455. The first-order chi connectivity index (χ1) is 15.6. The molecule has 0 saturated heterocycles. The summed E-state index contributed by atoms with van der Waals surface area (Å²) in [5, 5.41) is 15.2. The quantitative estimate of drug-likeness (QED) is 0.377. The number of carbonyl (C=O) groups is 1. The van der Waals surface area contributed by atoms with Gasteiger partial charge in [0, 0.05) is 16.5 Å². The Morgan fingerprint density at radius 2 is 1.61 bits per heavy atom. The summed E-state index contributed by atoms with van der Waals surface area (Å²) in [6.45, 7) is -0.521. The van der Waals surface area contributed by atoms with Crippen LogP contribution in [0.25, 0.3) is 22.3 Å². The van der Waals surface area contributed by atoms with Crippen LogP contribution in [0.3, 0.4) is 0 Å². The van der Waals surface area contributed by atoms with Gasteiger partial charge in [-0.15, -0.1) is 0 Å². The number of fused-ring (bicyclic) bond motifs is 1. The molecule has 33 heavy (non-hydrogen) atoms. The van der Waals surface area contributed by atoms with Gasteiger partial charge in [0.15, 0.2) is 0 Å². The van der Waals surface area contributed by atoms with Gasteiger partial charge < -0.3 is 9.52 Å². The maximum absolute atomic E-state index is 12.7. The van der Waals surface area contributed by atoms with E-state index in [2.05, 4.69) is 0 Å². The van der Waals surface area contributed by atoms with E-state index in [1.165, 1.54) is 18.2 Å². The molecule has 0 bridgehead atoms. The van der Waals surface area contributed by atoms with Crippen LogP contribution in [0.15, 0.2) is 87.0 Å². The monoisotopic (exact) mass is 486 g/mol. The van der Waals surface area contributed by atoms with Crippen LogP contribution < -0.4 is 9.86 Å². The van der Waals surface area contributed by atoms with E-state index in [0.29, 0.717) is 16.9 Å². The lowest BCUT2D eigenvalue weighted by Crippen LogP contribution is -2.32. The molecule has 0 aliphatic heterocycles. The molecule has 0 radical (unpaired) electrons. The van der Waals surface area contributed by atoms with Crippen molar-refractivity contribution in [3.63, 3.8) is 0 Å². The van der Waals surface area contributed by atoms with E-state index in [-0.39, 0.29) is 11.1 Å². The Bertz CT molecular complexity index is 1540. The molecule has 1 aromatic heterocycles. The summed E-state index contributed by atoms with van der Waals surface area (Å²) in [6.07, 6.45) is 0. The maximum Gasteiger partial charge on any atom is 0.265 e. The van der Waals surface area contributed by atoms with E-state index >= 15 is 0 Å². The Morgan fingerprint density at radius 1 is 0.909 bits per heavy atom. The third-order valence-electron chi connectivity index (χ3n) is 4.87. The number of nitrogens with two attached hydrogens (primary N) is 1. The molecule has 0 spiro atoms. The molecule has 3 aromatic carbocycles. The highest BCUT2D eigenvalue weighted by molar-refractivity contribution is 7.92. The van der Waals surface area contributed by atoms with Gasteiger partial charge in [-0.1, -0.05) is 36.4 Å². The zero-order valence-electron chi connectivity index (χ0n) is 16.9. The molecule has 4 rings (SSSR count). The Labute approximate surface area is 189 Å². The van der Waals surface area contributed by atoms with Crippen molar-refractivity contribution in [2.75, 3.05) is 0 Å². The molecule has 0 unspecified atom stereocenters. The van der Waals surface area contributed by atoms with Crippen LogP contribution >= 0.6 is 0 Å². The normalized spacial score (nSPS) is 12.1. The van der Waals surface area contributed by atoms with Crippen molar-refractivity contribution in [2.24, 2.45) is 5.14 Å². The average Bonchev–Trinajstić information content (AvgIpc) is 3.22. The summed E-state index contributed by atoms with van der Waals surface area (Å²) in [5.74, 6) is -0.379. The van der Waals surface area contributed by atoms with Crippen molar-refractivity contribution < 1.29 is 31.2 Å². The van der Waals surface area contributed by atoms with Crippen LogP contribution in [0.5, 0.6) is 0 Å². The Kier molecular flexibility index (Phi) is 5.80. The molecule has 1 amide bonds. The number of furan rings is 1. The van der Waals surface area contributed by atoms with Crippen molar-refractivity contribution in [3.8, 4) is 11.3 Å². The smallest absolute Gasteiger partial charge is 0.265 e. The minimum Gasteiger partial charge on any atom is -0.456 e. The van der Waals surface area contributed by atoms with E-state index < -0.39 is 42.4 Å². The number of hydrogen-bond donors (Lipinski definition) is 3. The van der Waals surface area contributed by atoms with Crippen LogP contribution in [0.4, 0.5) is 0 Å². The molecular formula is C22H18N2O7S2. The fourth-order valence-electron chi connectivity index (χ4n) is 3.24. The summed E-state index contributed by atoms with van der Waals surface area (Å²) in [7, 11) is -9.03. The Morgan fingerprint density at radius 3 is 2.24 bits per heavy atom. The van der Waals surface area contributed by atoms with Gasteiger partial charge in [-0.25, -0.2) is 26.7 Å². The number of primary sulfonamides is 1. The first kappa shape index (κ1) is 22.7. The lowest BCUT2D eigenvalue weighted by molar-refractivity contribution is 0.0981. The van der Waals surface area contributed by atoms with Gasteiger partial charge in [-0.05, 0) is 42.0 Å². The summed E-state index contributed by atoms with van der Waals surface area (Å²) in [5.41, 5.74) is 1.56. The molecule has 4 N–H and O–H groups in total. The van der Waals surface area contributed by atoms with Crippen molar-refractivity contribution in [2.45, 2.75) is 16.4 Å². The first-order valence-corrected chi connectivity index (χ1v) is 12.5. The predicted molar refractivity (Wildman–Crippen MR) is 120 cm³/mol. The zero-order valence-corrected chi connectivity index (χ0v) is 18.6. The molecule has 11 heteroatoms. The van der Waals surface area contributed by atoms with Crippen LogP contribution in [-0.2, 0) is 26.7 Å². The van der Waals surface area contributed by atoms with Crippen LogP contribution in [0.1, 0.15) is 15.9 Å². The Balaban J connectivity index is 1.60. The first-order valence-electron chi connectivity index (χ1n) is 9.51. The summed E-state index contributed by atoms with van der Waals surface area (Å²) in [6, 6.07) is 18.5. The predicted octanol–water partition coefficient (Wildman–Crippen LogP) is 2.36. The number of benzene rings is 3. The molecular weight excluding hydrogens is 468 g/mol. The molecule has 9 nitrogen and oxygen atoms in total. The second-order valence-electron chi connectivity index (χ2n) is 7.14. The molecule has 0 atom stereocenters. The highest BCUT2D eigenvalue weighted by atomic mass is 32.2. The minimum atomic E-state index is -4.58. The SMILES string of the molecule is NS(=O)(=O)c1cc(CO)ccc1S(=O)(=O)NC(=O)c1ccc(-c2cc3ccccc3o2)cc1. The van der Waals surface area contributed by atoms with Crippen molar-refractivity contribution in [1.82, 2.24) is 4.72 Å². The lowest BCUT2D eigenvalue weighted by Gasteiger charge is -2.12. The zero-order chi connectivity index (χ0) is 23.8. The van der Waals surface area contributed by atoms with Gasteiger partial charge in [0.05, 0.1) is 6.61 Å².